The highest BCUT2D eigenvalue weighted by molar-refractivity contribution is 5.85. The van der Waals surface area contributed by atoms with E-state index in [-0.39, 0.29) is 0 Å². The van der Waals surface area contributed by atoms with Gasteiger partial charge in [-0.15, -0.1) is 0 Å². The number of rotatable bonds is 3. The Labute approximate surface area is 65.3 Å². The van der Waals surface area contributed by atoms with E-state index >= 15 is 0 Å². The van der Waals surface area contributed by atoms with Gasteiger partial charge in [-0.25, -0.2) is 0 Å². The summed E-state index contributed by atoms with van der Waals surface area (Å²) >= 11 is 0. The van der Waals surface area contributed by atoms with E-state index in [1.54, 1.807) is 24.7 Å². The second-order valence-electron chi connectivity index (χ2n) is 1.96. The van der Waals surface area contributed by atoms with Crippen molar-refractivity contribution in [2.24, 2.45) is 0 Å². The molecule has 0 fully saturated rings. The first kappa shape index (κ1) is 7.47. The average Bonchev–Trinajstić information content (AvgIpc) is 2.06. The number of aromatic nitrogens is 1. The minimum absolute atomic E-state index is 0.803. The molecule has 2 N–H and O–H groups in total. The summed E-state index contributed by atoms with van der Waals surface area (Å²) in [5.74, 6) is 0. The minimum atomic E-state index is 0.803. The van der Waals surface area contributed by atoms with E-state index in [1.165, 1.54) is 6.21 Å². The molecule has 0 aliphatic rings. The van der Waals surface area contributed by atoms with Gasteiger partial charge in [0.25, 0.3) is 0 Å². The molecule has 1 aromatic heterocycles. The fourth-order valence-electron chi connectivity index (χ4n) is 0.762. The van der Waals surface area contributed by atoms with Crippen LogP contribution in [0.1, 0.15) is 5.56 Å². The van der Waals surface area contributed by atoms with E-state index < -0.39 is 0 Å². The van der Waals surface area contributed by atoms with Crippen LogP contribution in [0.3, 0.4) is 0 Å². The van der Waals surface area contributed by atoms with Crippen molar-refractivity contribution in [1.29, 1.82) is 5.41 Å². The molecule has 3 nitrogen and oxygen atoms in total. The Balaban J connectivity index is 3.01. The van der Waals surface area contributed by atoms with Crippen molar-refractivity contribution < 1.29 is 0 Å². The highest BCUT2D eigenvalue weighted by Gasteiger charge is 1.94. The molecule has 0 aliphatic carbocycles. The summed E-state index contributed by atoms with van der Waals surface area (Å²) in [7, 11) is 0. The van der Waals surface area contributed by atoms with Crippen LogP contribution in [-0.2, 0) is 0 Å². The SMILES string of the molecule is C=CNc1cnccc1C=N. The molecule has 0 spiro atoms. The fraction of sp³-hybridized carbons (Fsp3) is 0. The Morgan fingerprint density at radius 3 is 3.09 bits per heavy atom. The average molecular weight is 147 g/mol. The van der Waals surface area contributed by atoms with Crippen LogP contribution in [-0.4, -0.2) is 11.2 Å². The van der Waals surface area contributed by atoms with Crippen LogP contribution >= 0.6 is 0 Å². The van der Waals surface area contributed by atoms with Crippen molar-refractivity contribution in [3.8, 4) is 0 Å². The Kier molecular flexibility index (Phi) is 2.38. The molecule has 0 unspecified atom stereocenters. The molecule has 3 heteroatoms. The van der Waals surface area contributed by atoms with Crippen molar-refractivity contribution in [2.45, 2.75) is 0 Å². The summed E-state index contributed by atoms with van der Waals surface area (Å²) < 4.78 is 0. The van der Waals surface area contributed by atoms with E-state index in [1.807, 2.05) is 0 Å². The first-order chi connectivity index (χ1) is 5.38. The zero-order chi connectivity index (χ0) is 8.10. The van der Waals surface area contributed by atoms with Crippen LogP contribution in [0.5, 0.6) is 0 Å². The number of nitrogens with zero attached hydrogens (tertiary/aromatic N) is 1. The number of hydrogen-bond donors (Lipinski definition) is 2. The second kappa shape index (κ2) is 3.51. The highest BCUT2D eigenvalue weighted by Crippen LogP contribution is 2.09. The maximum atomic E-state index is 7.04. The van der Waals surface area contributed by atoms with Gasteiger partial charge in [0, 0.05) is 18.0 Å². The van der Waals surface area contributed by atoms with Crippen molar-refractivity contribution >= 4 is 11.9 Å². The smallest absolute Gasteiger partial charge is 0.0654 e. The molecule has 0 atom stereocenters. The largest absolute Gasteiger partial charge is 0.361 e. The topological polar surface area (TPSA) is 48.8 Å². The maximum absolute atomic E-state index is 7.04. The van der Waals surface area contributed by atoms with Crippen LogP contribution in [0.2, 0.25) is 0 Å². The molecule has 1 rings (SSSR count). The van der Waals surface area contributed by atoms with Crippen LogP contribution in [0, 0.1) is 5.41 Å². The van der Waals surface area contributed by atoms with Gasteiger partial charge >= 0.3 is 0 Å². The van der Waals surface area contributed by atoms with Gasteiger partial charge in [0.1, 0.15) is 0 Å². The molecule has 56 valence electrons. The number of pyridine rings is 1. The van der Waals surface area contributed by atoms with Gasteiger partial charge in [-0.05, 0) is 12.3 Å². The van der Waals surface area contributed by atoms with Crippen molar-refractivity contribution in [3.63, 3.8) is 0 Å². The van der Waals surface area contributed by atoms with E-state index in [4.69, 9.17) is 5.41 Å². The van der Waals surface area contributed by atoms with Gasteiger partial charge < -0.3 is 10.7 Å². The Hall–Kier alpha value is -1.64. The molecule has 0 aliphatic heterocycles. The van der Waals surface area contributed by atoms with E-state index in [0.29, 0.717) is 0 Å². The number of hydrogen-bond acceptors (Lipinski definition) is 3. The summed E-state index contributed by atoms with van der Waals surface area (Å²) in [6.07, 6.45) is 6.13. The van der Waals surface area contributed by atoms with Crippen molar-refractivity contribution in [1.82, 2.24) is 4.98 Å². The zero-order valence-corrected chi connectivity index (χ0v) is 6.04. The number of nitrogens with one attached hydrogen (secondary N) is 2. The molecular formula is C8H9N3. The minimum Gasteiger partial charge on any atom is -0.361 e. The third kappa shape index (κ3) is 1.64. The number of anilines is 1. The lowest BCUT2D eigenvalue weighted by atomic mass is 10.2. The lowest BCUT2D eigenvalue weighted by molar-refractivity contribution is 1.31. The highest BCUT2D eigenvalue weighted by atomic mass is 14.9. The standard InChI is InChI=1S/C8H9N3/c1-2-11-8-6-10-4-3-7(8)5-9/h2-6,9,11H,1H2. The Morgan fingerprint density at radius 2 is 2.45 bits per heavy atom. The Bertz CT molecular complexity index is 268. The first-order valence-electron chi connectivity index (χ1n) is 3.20. The molecule has 11 heavy (non-hydrogen) atoms. The van der Waals surface area contributed by atoms with E-state index in [9.17, 15) is 0 Å². The van der Waals surface area contributed by atoms with Crippen LogP contribution in [0.25, 0.3) is 0 Å². The molecule has 0 saturated carbocycles. The third-order valence-electron chi connectivity index (χ3n) is 1.27. The molecule has 0 saturated heterocycles. The van der Waals surface area contributed by atoms with Crippen LogP contribution in [0.15, 0.2) is 31.2 Å². The third-order valence-corrected chi connectivity index (χ3v) is 1.27. The summed E-state index contributed by atoms with van der Waals surface area (Å²) in [5, 5.41) is 9.91. The normalized spacial score (nSPS) is 8.73. The van der Waals surface area contributed by atoms with Crippen molar-refractivity contribution in [3.05, 3.63) is 36.8 Å². The molecule has 1 heterocycles. The van der Waals surface area contributed by atoms with Gasteiger partial charge in [0.05, 0.1) is 11.9 Å². The first-order valence-corrected chi connectivity index (χ1v) is 3.20. The molecule has 0 bridgehead atoms. The summed E-state index contributed by atoms with van der Waals surface area (Å²) in [6, 6.07) is 1.76. The molecule has 1 aromatic rings. The Morgan fingerprint density at radius 1 is 1.64 bits per heavy atom. The fourth-order valence-corrected chi connectivity index (χ4v) is 0.762. The lowest BCUT2D eigenvalue weighted by Gasteiger charge is -2.01. The molecular weight excluding hydrogens is 138 g/mol. The zero-order valence-electron chi connectivity index (χ0n) is 6.04. The summed E-state index contributed by atoms with van der Waals surface area (Å²) in [4.78, 5) is 3.90. The predicted octanol–water partition coefficient (Wildman–Crippen LogP) is 1.63. The van der Waals surface area contributed by atoms with Gasteiger partial charge in [0.15, 0.2) is 0 Å². The van der Waals surface area contributed by atoms with E-state index in [2.05, 4.69) is 16.9 Å². The van der Waals surface area contributed by atoms with Crippen LogP contribution < -0.4 is 5.32 Å². The van der Waals surface area contributed by atoms with E-state index in [0.717, 1.165) is 11.3 Å². The molecule has 0 aromatic carbocycles. The monoisotopic (exact) mass is 147 g/mol. The maximum Gasteiger partial charge on any atom is 0.0654 e. The summed E-state index contributed by atoms with van der Waals surface area (Å²) in [5.41, 5.74) is 1.61. The lowest BCUT2D eigenvalue weighted by Crippen LogP contribution is -1.93. The molecule has 0 amide bonds. The molecule has 0 radical (unpaired) electrons. The van der Waals surface area contributed by atoms with Crippen LogP contribution in [0.4, 0.5) is 5.69 Å². The predicted molar refractivity (Wildman–Crippen MR) is 45.9 cm³/mol. The van der Waals surface area contributed by atoms with Gasteiger partial charge in [-0.1, -0.05) is 6.58 Å². The van der Waals surface area contributed by atoms with Gasteiger partial charge in [-0.3, -0.25) is 4.98 Å². The van der Waals surface area contributed by atoms with Crippen molar-refractivity contribution in [2.75, 3.05) is 5.32 Å². The second-order valence-corrected chi connectivity index (χ2v) is 1.96. The van der Waals surface area contributed by atoms with Gasteiger partial charge in [-0.2, -0.15) is 0 Å². The van der Waals surface area contributed by atoms with Gasteiger partial charge in [0.2, 0.25) is 0 Å². The summed E-state index contributed by atoms with van der Waals surface area (Å²) in [6.45, 7) is 3.52. The quantitative estimate of drug-likeness (QED) is 0.638.